The summed E-state index contributed by atoms with van der Waals surface area (Å²) < 4.78 is 6.30. The summed E-state index contributed by atoms with van der Waals surface area (Å²) in [6, 6.07) is 0.890. The van der Waals surface area contributed by atoms with Crippen LogP contribution in [0.25, 0.3) is 0 Å². The van der Waals surface area contributed by atoms with Crippen LogP contribution >= 0.6 is 0 Å². The molecule has 0 aliphatic rings. The molecule has 1 rings (SSSR count). The predicted molar refractivity (Wildman–Crippen MR) is 61.4 cm³/mol. The Morgan fingerprint density at radius 1 is 1.59 bits per heavy atom. The number of ether oxygens (including phenoxy) is 1. The fourth-order valence-corrected chi connectivity index (χ4v) is 1.35. The molecule has 0 radical (unpaired) electrons. The molecule has 0 aliphatic heterocycles. The van der Waals surface area contributed by atoms with Crippen molar-refractivity contribution in [3.63, 3.8) is 0 Å². The average molecular weight is 239 g/mol. The van der Waals surface area contributed by atoms with Gasteiger partial charge < -0.3 is 10.5 Å². The second-order valence-corrected chi connectivity index (χ2v) is 3.70. The third-order valence-corrected chi connectivity index (χ3v) is 2.27. The maximum absolute atomic E-state index is 11.7. The van der Waals surface area contributed by atoms with E-state index < -0.39 is 12.0 Å². The number of aryl methyl sites for hydroxylation is 1. The molecular weight excluding hydrogens is 222 g/mol. The van der Waals surface area contributed by atoms with Gasteiger partial charge in [-0.15, -0.1) is 0 Å². The third kappa shape index (κ3) is 3.99. The van der Waals surface area contributed by atoms with Gasteiger partial charge in [-0.1, -0.05) is 0 Å². The van der Waals surface area contributed by atoms with Gasteiger partial charge in [0.05, 0.1) is 6.61 Å². The Balaban J connectivity index is 2.40. The highest BCUT2D eigenvalue weighted by molar-refractivity contribution is 5.94. The van der Waals surface area contributed by atoms with E-state index in [4.69, 9.17) is 10.5 Å². The normalized spacial score (nSPS) is 12.2. The molecule has 1 aromatic heterocycles. The highest BCUT2D eigenvalue weighted by Gasteiger charge is 2.17. The first-order chi connectivity index (χ1) is 8.04. The van der Waals surface area contributed by atoms with Crippen LogP contribution in [0.5, 0.6) is 0 Å². The van der Waals surface area contributed by atoms with Gasteiger partial charge in [0.2, 0.25) is 0 Å². The summed E-state index contributed by atoms with van der Waals surface area (Å²) in [6.07, 6.45) is 2.16. The maximum atomic E-state index is 11.7. The van der Waals surface area contributed by atoms with Crippen LogP contribution in [-0.4, -0.2) is 34.2 Å². The number of hydrogen-bond donors (Lipinski definition) is 1. The van der Waals surface area contributed by atoms with Crippen molar-refractivity contribution in [1.82, 2.24) is 9.78 Å². The van der Waals surface area contributed by atoms with Gasteiger partial charge >= 0.3 is 5.97 Å². The third-order valence-electron chi connectivity index (χ3n) is 2.27. The molecule has 2 N–H and O–H groups in total. The highest BCUT2D eigenvalue weighted by atomic mass is 16.5. The van der Waals surface area contributed by atoms with E-state index in [2.05, 4.69) is 5.10 Å². The van der Waals surface area contributed by atoms with Gasteiger partial charge in [0.25, 0.3) is 0 Å². The van der Waals surface area contributed by atoms with E-state index in [0.717, 1.165) is 0 Å². The lowest BCUT2D eigenvalue weighted by atomic mass is 10.1. The van der Waals surface area contributed by atoms with Gasteiger partial charge in [-0.05, 0) is 19.4 Å². The molecule has 1 atom stereocenters. The van der Waals surface area contributed by atoms with Crippen LogP contribution in [0.15, 0.2) is 12.3 Å². The molecule has 17 heavy (non-hydrogen) atoms. The minimum absolute atomic E-state index is 0.120. The molecule has 1 aromatic rings. The number of esters is 1. The Morgan fingerprint density at radius 2 is 2.29 bits per heavy atom. The monoisotopic (exact) mass is 239 g/mol. The van der Waals surface area contributed by atoms with Gasteiger partial charge in [0.15, 0.2) is 5.78 Å². The first kappa shape index (κ1) is 13.4. The zero-order valence-corrected chi connectivity index (χ0v) is 10.0. The van der Waals surface area contributed by atoms with E-state index in [1.807, 2.05) is 0 Å². The van der Waals surface area contributed by atoms with Crippen LogP contribution in [0.3, 0.4) is 0 Å². The van der Waals surface area contributed by atoms with Crippen LogP contribution in [0.4, 0.5) is 0 Å². The van der Waals surface area contributed by atoms with E-state index in [1.54, 1.807) is 30.9 Å². The summed E-state index contributed by atoms with van der Waals surface area (Å²) in [4.78, 5) is 22.9. The Labute approximate surface area is 99.7 Å². The van der Waals surface area contributed by atoms with Crippen molar-refractivity contribution < 1.29 is 14.3 Å². The summed E-state index contributed by atoms with van der Waals surface area (Å²) >= 11 is 0. The zero-order valence-electron chi connectivity index (χ0n) is 10.0. The van der Waals surface area contributed by atoms with E-state index >= 15 is 0 Å². The highest BCUT2D eigenvalue weighted by Crippen LogP contribution is 2.05. The molecule has 0 fully saturated rings. The number of carbonyl (C=O) groups excluding carboxylic acids is 2. The second-order valence-electron chi connectivity index (χ2n) is 3.70. The Bertz CT molecular complexity index is 400. The first-order valence-electron chi connectivity index (χ1n) is 5.49. The van der Waals surface area contributed by atoms with Gasteiger partial charge in [-0.25, -0.2) is 0 Å². The average Bonchev–Trinajstić information content (AvgIpc) is 2.72. The van der Waals surface area contributed by atoms with Crippen molar-refractivity contribution in [2.45, 2.75) is 25.8 Å². The Kier molecular flexibility index (Phi) is 4.84. The summed E-state index contributed by atoms with van der Waals surface area (Å²) in [5, 5.41) is 3.98. The van der Waals surface area contributed by atoms with E-state index in [9.17, 15) is 9.59 Å². The van der Waals surface area contributed by atoms with Crippen LogP contribution in [0.1, 0.15) is 30.3 Å². The van der Waals surface area contributed by atoms with E-state index in [1.165, 1.54) is 0 Å². The molecule has 0 bridgehead atoms. The molecule has 0 aromatic carbocycles. The quantitative estimate of drug-likeness (QED) is 0.569. The van der Waals surface area contributed by atoms with E-state index in [0.29, 0.717) is 12.3 Å². The van der Waals surface area contributed by atoms with Gasteiger partial charge in [-0.2, -0.15) is 5.10 Å². The summed E-state index contributed by atoms with van der Waals surface area (Å²) in [5.41, 5.74) is 5.97. The fourth-order valence-electron chi connectivity index (χ4n) is 1.35. The molecule has 6 heteroatoms. The standard InChI is InChI=1S/C11H17N3O3/c1-3-17-11(16)8(12)4-5-10(15)9-6-7-14(2)13-9/h6-8H,3-5,12H2,1-2H3/t8-/m0/s1. The number of rotatable bonds is 6. The molecule has 1 heterocycles. The van der Waals surface area contributed by atoms with Gasteiger partial charge in [0, 0.05) is 19.7 Å². The molecule has 0 aliphatic carbocycles. The summed E-state index contributed by atoms with van der Waals surface area (Å²) in [5.74, 6) is -0.591. The fraction of sp³-hybridized carbons (Fsp3) is 0.545. The molecule has 94 valence electrons. The SMILES string of the molecule is CCOC(=O)[C@@H](N)CCC(=O)c1ccn(C)n1. The van der Waals surface area contributed by atoms with Crippen molar-refractivity contribution in [3.05, 3.63) is 18.0 Å². The molecule has 0 spiro atoms. The molecule has 0 saturated heterocycles. The van der Waals surface area contributed by atoms with Crippen molar-refractivity contribution in [1.29, 1.82) is 0 Å². The maximum Gasteiger partial charge on any atom is 0.322 e. The van der Waals surface area contributed by atoms with Crippen molar-refractivity contribution in [2.75, 3.05) is 6.61 Å². The zero-order chi connectivity index (χ0) is 12.8. The molecule has 0 unspecified atom stereocenters. The minimum Gasteiger partial charge on any atom is -0.465 e. The van der Waals surface area contributed by atoms with Crippen LogP contribution in [0.2, 0.25) is 0 Å². The van der Waals surface area contributed by atoms with Crippen molar-refractivity contribution in [3.8, 4) is 0 Å². The minimum atomic E-state index is -0.748. The molecule has 0 amide bonds. The number of nitrogens with two attached hydrogens (primary N) is 1. The second kappa shape index (κ2) is 6.15. The number of ketones is 1. The van der Waals surface area contributed by atoms with Gasteiger partial charge in [-0.3, -0.25) is 14.3 Å². The van der Waals surface area contributed by atoms with Crippen molar-refractivity contribution >= 4 is 11.8 Å². The number of nitrogens with zero attached hydrogens (tertiary/aromatic N) is 2. The smallest absolute Gasteiger partial charge is 0.322 e. The topological polar surface area (TPSA) is 87.2 Å². The lowest BCUT2D eigenvalue weighted by Gasteiger charge is -2.08. The number of aromatic nitrogens is 2. The van der Waals surface area contributed by atoms with Gasteiger partial charge in [0.1, 0.15) is 11.7 Å². The number of hydrogen-bond acceptors (Lipinski definition) is 5. The number of carbonyl (C=O) groups is 2. The first-order valence-corrected chi connectivity index (χ1v) is 5.49. The van der Waals surface area contributed by atoms with Crippen LogP contribution in [-0.2, 0) is 16.6 Å². The summed E-state index contributed by atoms with van der Waals surface area (Å²) in [7, 11) is 1.74. The molecule has 6 nitrogen and oxygen atoms in total. The molecular formula is C11H17N3O3. The summed E-state index contributed by atoms with van der Waals surface area (Å²) in [6.45, 7) is 2.00. The Hall–Kier alpha value is -1.69. The van der Waals surface area contributed by atoms with E-state index in [-0.39, 0.29) is 18.6 Å². The number of Topliss-reactive ketones (excluding diaryl/α,β-unsaturated/α-hetero) is 1. The lowest BCUT2D eigenvalue weighted by molar-refractivity contribution is -0.144. The predicted octanol–water partition coefficient (Wildman–Crippen LogP) is 0.273. The largest absolute Gasteiger partial charge is 0.465 e. The van der Waals surface area contributed by atoms with Crippen molar-refractivity contribution in [2.24, 2.45) is 12.8 Å². The Morgan fingerprint density at radius 3 is 2.82 bits per heavy atom. The molecule has 0 saturated carbocycles. The van der Waals surface area contributed by atoms with Crippen LogP contribution in [0, 0.1) is 0 Å². The lowest BCUT2D eigenvalue weighted by Crippen LogP contribution is -2.32. The van der Waals surface area contributed by atoms with Crippen LogP contribution < -0.4 is 5.73 Å².